The van der Waals surface area contributed by atoms with Crippen LogP contribution in [-0.4, -0.2) is 36.4 Å². The molecule has 1 atom stereocenters. The van der Waals surface area contributed by atoms with Crippen molar-refractivity contribution in [3.63, 3.8) is 0 Å². The highest BCUT2D eigenvalue weighted by molar-refractivity contribution is 6.36. The van der Waals surface area contributed by atoms with Crippen molar-refractivity contribution in [2.45, 2.75) is 12.5 Å². The normalized spacial score (nSPS) is 20.8. The highest BCUT2D eigenvalue weighted by Gasteiger charge is 2.22. The fourth-order valence-corrected chi connectivity index (χ4v) is 2.52. The molecule has 1 heterocycles. The van der Waals surface area contributed by atoms with Gasteiger partial charge in [0, 0.05) is 29.7 Å². The highest BCUT2D eigenvalue weighted by Crippen LogP contribution is 2.22. The molecular formula is C12H14Cl2N2O. The fourth-order valence-electron chi connectivity index (χ4n) is 2.01. The minimum atomic E-state index is 0.0146. The van der Waals surface area contributed by atoms with Crippen molar-refractivity contribution < 1.29 is 4.79 Å². The molecule has 0 spiro atoms. The Morgan fingerprint density at radius 2 is 2.24 bits per heavy atom. The van der Waals surface area contributed by atoms with E-state index in [2.05, 4.69) is 4.90 Å². The molecule has 0 saturated carbocycles. The smallest absolute Gasteiger partial charge is 0.178 e. The van der Waals surface area contributed by atoms with Crippen molar-refractivity contribution >= 4 is 29.0 Å². The molecule has 17 heavy (non-hydrogen) atoms. The molecule has 0 aromatic heterocycles. The largest absolute Gasteiger partial charge is 0.326 e. The quantitative estimate of drug-likeness (QED) is 0.859. The molecule has 1 aromatic carbocycles. The van der Waals surface area contributed by atoms with E-state index in [0.29, 0.717) is 22.2 Å². The molecule has 1 fully saturated rings. The zero-order valence-electron chi connectivity index (χ0n) is 9.33. The van der Waals surface area contributed by atoms with Gasteiger partial charge in [0.1, 0.15) is 0 Å². The van der Waals surface area contributed by atoms with Gasteiger partial charge in [0.25, 0.3) is 0 Å². The van der Waals surface area contributed by atoms with Crippen LogP contribution in [0, 0.1) is 0 Å². The van der Waals surface area contributed by atoms with Crippen LogP contribution in [-0.2, 0) is 0 Å². The van der Waals surface area contributed by atoms with Gasteiger partial charge in [-0.1, -0.05) is 23.2 Å². The summed E-state index contributed by atoms with van der Waals surface area (Å²) in [6, 6.07) is 5.12. The summed E-state index contributed by atoms with van der Waals surface area (Å²) in [7, 11) is 0. The summed E-state index contributed by atoms with van der Waals surface area (Å²) in [5, 5.41) is 0.945. The summed E-state index contributed by atoms with van der Waals surface area (Å²) >= 11 is 11.8. The molecule has 2 rings (SSSR count). The lowest BCUT2D eigenvalue weighted by Crippen LogP contribution is -2.31. The van der Waals surface area contributed by atoms with Crippen LogP contribution in [0.2, 0.25) is 10.0 Å². The van der Waals surface area contributed by atoms with E-state index in [1.54, 1.807) is 18.2 Å². The molecule has 92 valence electrons. The number of ketones is 1. The van der Waals surface area contributed by atoms with E-state index in [0.717, 1.165) is 19.5 Å². The van der Waals surface area contributed by atoms with Gasteiger partial charge in [-0.15, -0.1) is 0 Å². The molecule has 0 aliphatic carbocycles. The first-order chi connectivity index (χ1) is 8.06. The van der Waals surface area contributed by atoms with Crippen LogP contribution in [0.3, 0.4) is 0 Å². The third kappa shape index (κ3) is 3.19. The van der Waals surface area contributed by atoms with E-state index >= 15 is 0 Å². The predicted octanol–water partition coefficient (Wildman–Crippen LogP) is 2.21. The first kappa shape index (κ1) is 12.8. The Kier molecular flexibility index (Phi) is 4.05. The number of benzene rings is 1. The number of nitrogens with zero attached hydrogens (tertiary/aromatic N) is 1. The first-order valence-electron chi connectivity index (χ1n) is 5.52. The molecule has 0 bridgehead atoms. The second-order valence-electron chi connectivity index (χ2n) is 4.33. The molecule has 5 heteroatoms. The average Bonchev–Trinajstić information content (AvgIpc) is 2.63. The van der Waals surface area contributed by atoms with Crippen LogP contribution in [0.1, 0.15) is 16.8 Å². The number of hydrogen-bond acceptors (Lipinski definition) is 3. The van der Waals surface area contributed by atoms with Gasteiger partial charge in [-0.05, 0) is 24.6 Å². The zero-order valence-corrected chi connectivity index (χ0v) is 10.8. The molecule has 0 radical (unpaired) electrons. The van der Waals surface area contributed by atoms with Crippen LogP contribution in [0.5, 0.6) is 0 Å². The first-order valence-corrected chi connectivity index (χ1v) is 6.28. The average molecular weight is 273 g/mol. The Bertz CT molecular complexity index is 437. The molecule has 2 N–H and O–H groups in total. The number of hydrogen-bond donors (Lipinski definition) is 1. The van der Waals surface area contributed by atoms with E-state index in [-0.39, 0.29) is 11.8 Å². The third-order valence-electron chi connectivity index (χ3n) is 2.91. The number of rotatable bonds is 3. The summed E-state index contributed by atoms with van der Waals surface area (Å²) in [6.07, 6.45) is 0.946. The van der Waals surface area contributed by atoms with Gasteiger partial charge in [0.2, 0.25) is 0 Å². The Morgan fingerprint density at radius 1 is 1.47 bits per heavy atom. The molecule has 1 saturated heterocycles. The summed E-state index contributed by atoms with van der Waals surface area (Å²) in [5.41, 5.74) is 6.32. The van der Waals surface area contributed by atoms with Gasteiger partial charge in [-0.3, -0.25) is 9.69 Å². The summed E-state index contributed by atoms with van der Waals surface area (Å²) in [4.78, 5) is 14.1. The number of nitrogens with two attached hydrogens (primary N) is 1. The minimum Gasteiger partial charge on any atom is -0.326 e. The van der Waals surface area contributed by atoms with Gasteiger partial charge < -0.3 is 5.73 Å². The van der Waals surface area contributed by atoms with Gasteiger partial charge in [0.05, 0.1) is 11.6 Å². The standard InChI is InChI=1S/C12H14Cl2N2O/c13-8-1-2-10(11(14)5-8)12(17)7-16-4-3-9(15)6-16/h1-2,5,9H,3-4,6-7,15H2/t9-/m0/s1. The van der Waals surface area contributed by atoms with Crippen LogP contribution in [0.15, 0.2) is 18.2 Å². The number of carbonyl (C=O) groups is 1. The van der Waals surface area contributed by atoms with Crippen molar-refractivity contribution in [1.29, 1.82) is 0 Å². The van der Waals surface area contributed by atoms with E-state index in [4.69, 9.17) is 28.9 Å². The number of halogens is 2. The molecule has 1 aromatic rings. The maximum Gasteiger partial charge on any atom is 0.178 e. The zero-order chi connectivity index (χ0) is 12.4. The van der Waals surface area contributed by atoms with Crippen molar-refractivity contribution in [3.8, 4) is 0 Å². The second kappa shape index (κ2) is 5.36. The lowest BCUT2D eigenvalue weighted by atomic mass is 10.1. The lowest BCUT2D eigenvalue weighted by molar-refractivity contribution is 0.0945. The Balaban J connectivity index is 2.04. The molecule has 3 nitrogen and oxygen atoms in total. The molecular weight excluding hydrogens is 259 g/mol. The van der Waals surface area contributed by atoms with Gasteiger partial charge in [-0.2, -0.15) is 0 Å². The Hall–Kier alpha value is -0.610. The van der Waals surface area contributed by atoms with Crippen LogP contribution < -0.4 is 5.73 Å². The van der Waals surface area contributed by atoms with Gasteiger partial charge in [0.15, 0.2) is 5.78 Å². The van der Waals surface area contributed by atoms with E-state index in [9.17, 15) is 4.79 Å². The minimum absolute atomic E-state index is 0.0146. The topological polar surface area (TPSA) is 46.3 Å². The third-order valence-corrected chi connectivity index (χ3v) is 3.46. The number of Topliss-reactive ketones (excluding diaryl/α,β-unsaturated/α-hetero) is 1. The monoisotopic (exact) mass is 272 g/mol. The van der Waals surface area contributed by atoms with Crippen LogP contribution in [0.4, 0.5) is 0 Å². The van der Waals surface area contributed by atoms with Crippen molar-refractivity contribution in [2.75, 3.05) is 19.6 Å². The maximum absolute atomic E-state index is 12.0. The molecule has 1 aliphatic rings. The van der Waals surface area contributed by atoms with E-state index in [1.807, 2.05) is 0 Å². The lowest BCUT2D eigenvalue weighted by Gasteiger charge is -2.14. The molecule has 0 amide bonds. The fraction of sp³-hybridized carbons (Fsp3) is 0.417. The molecule has 1 aliphatic heterocycles. The van der Waals surface area contributed by atoms with Crippen LogP contribution >= 0.6 is 23.2 Å². The van der Waals surface area contributed by atoms with E-state index in [1.165, 1.54) is 0 Å². The SMILES string of the molecule is N[C@H]1CCN(CC(=O)c2ccc(Cl)cc2Cl)C1. The summed E-state index contributed by atoms with van der Waals surface area (Å²) in [6.45, 7) is 2.02. The van der Waals surface area contributed by atoms with Crippen molar-refractivity contribution in [1.82, 2.24) is 4.90 Å². The summed E-state index contributed by atoms with van der Waals surface area (Å²) in [5.74, 6) is 0.0146. The van der Waals surface area contributed by atoms with Crippen molar-refractivity contribution in [2.24, 2.45) is 5.73 Å². The number of carbonyl (C=O) groups excluding carboxylic acids is 1. The highest BCUT2D eigenvalue weighted by atomic mass is 35.5. The maximum atomic E-state index is 12.0. The second-order valence-corrected chi connectivity index (χ2v) is 5.17. The number of likely N-dealkylation sites (tertiary alicyclic amines) is 1. The van der Waals surface area contributed by atoms with Gasteiger partial charge in [-0.25, -0.2) is 0 Å². The van der Waals surface area contributed by atoms with Gasteiger partial charge >= 0.3 is 0 Å². The summed E-state index contributed by atoms with van der Waals surface area (Å²) < 4.78 is 0. The van der Waals surface area contributed by atoms with Crippen molar-refractivity contribution in [3.05, 3.63) is 33.8 Å². The molecule has 0 unspecified atom stereocenters. The Labute approximate surface area is 110 Å². The predicted molar refractivity (Wildman–Crippen MR) is 69.8 cm³/mol. The Morgan fingerprint density at radius 3 is 2.82 bits per heavy atom. The van der Waals surface area contributed by atoms with Crippen LogP contribution in [0.25, 0.3) is 0 Å². The van der Waals surface area contributed by atoms with E-state index < -0.39 is 0 Å².